The van der Waals surface area contributed by atoms with Gasteiger partial charge in [-0.2, -0.15) is 11.8 Å². The maximum Gasteiger partial charge on any atom is 0.122 e. The minimum absolute atomic E-state index is 0.296. The molecule has 2 atom stereocenters. The van der Waals surface area contributed by atoms with Crippen LogP contribution < -0.4 is 10.1 Å². The van der Waals surface area contributed by atoms with Gasteiger partial charge in [0, 0.05) is 17.5 Å². The topological polar surface area (TPSA) is 30.5 Å². The van der Waals surface area contributed by atoms with Crippen LogP contribution in [0.5, 0.6) is 5.75 Å². The van der Waals surface area contributed by atoms with Crippen LogP contribution in [0.1, 0.15) is 18.9 Å². The average molecular weight is 295 g/mol. The molecule has 1 saturated heterocycles. The summed E-state index contributed by atoms with van der Waals surface area (Å²) in [7, 11) is 1.74. The molecule has 0 aliphatic carbocycles. The Morgan fingerprint density at radius 2 is 2.30 bits per heavy atom. The van der Waals surface area contributed by atoms with Gasteiger partial charge in [-0.25, -0.2) is 0 Å². The lowest BCUT2D eigenvalue weighted by Crippen LogP contribution is -2.46. The van der Waals surface area contributed by atoms with Crippen molar-refractivity contribution < 1.29 is 9.47 Å². The summed E-state index contributed by atoms with van der Waals surface area (Å²) < 4.78 is 11.4. The molecule has 3 nitrogen and oxygen atoms in total. The number of thioether (sulfide) groups is 1. The molecule has 20 heavy (non-hydrogen) atoms. The van der Waals surface area contributed by atoms with Crippen molar-refractivity contribution in [2.45, 2.75) is 31.9 Å². The van der Waals surface area contributed by atoms with Gasteiger partial charge < -0.3 is 14.8 Å². The van der Waals surface area contributed by atoms with E-state index in [0.29, 0.717) is 12.1 Å². The first-order valence-electron chi connectivity index (χ1n) is 7.39. The number of hydrogen-bond donors (Lipinski definition) is 1. The van der Waals surface area contributed by atoms with Crippen LogP contribution in [0.3, 0.4) is 0 Å². The van der Waals surface area contributed by atoms with Crippen LogP contribution in [-0.4, -0.2) is 43.9 Å². The zero-order valence-corrected chi connectivity index (χ0v) is 13.2. The Morgan fingerprint density at radius 1 is 1.45 bits per heavy atom. The largest absolute Gasteiger partial charge is 0.496 e. The Bertz CT molecular complexity index is 394. The quantitative estimate of drug-likeness (QED) is 0.838. The normalized spacial score (nSPS) is 20.6. The maximum atomic E-state index is 5.96. The Labute approximate surface area is 126 Å². The number of rotatable bonds is 7. The van der Waals surface area contributed by atoms with Crippen LogP contribution >= 0.6 is 11.8 Å². The highest BCUT2D eigenvalue weighted by atomic mass is 32.2. The molecule has 2 rings (SSSR count). The molecule has 0 amide bonds. The first kappa shape index (κ1) is 15.7. The Hall–Kier alpha value is -0.710. The third kappa shape index (κ3) is 4.40. The molecule has 0 aromatic heterocycles. The summed E-state index contributed by atoms with van der Waals surface area (Å²) in [4.78, 5) is 0. The van der Waals surface area contributed by atoms with Crippen molar-refractivity contribution in [2.75, 3.05) is 31.8 Å². The maximum absolute atomic E-state index is 5.96. The van der Waals surface area contributed by atoms with E-state index in [0.717, 1.165) is 43.2 Å². The molecule has 1 aliphatic rings. The zero-order valence-electron chi connectivity index (χ0n) is 12.4. The lowest BCUT2D eigenvalue weighted by molar-refractivity contribution is 0.0470. The molecule has 1 aromatic carbocycles. The van der Waals surface area contributed by atoms with Crippen LogP contribution in [0.15, 0.2) is 24.3 Å². The van der Waals surface area contributed by atoms with Gasteiger partial charge in [0.1, 0.15) is 5.75 Å². The van der Waals surface area contributed by atoms with Crippen molar-refractivity contribution in [3.05, 3.63) is 29.8 Å². The van der Waals surface area contributed by atoms with Crippen LogP contribution in [0.25, 0.3) is 0 Å². The van der Waals surface area contributed by atoms with E-state index in [1.165, 1.54) is 5.56 Å². The van der Waals surface area contributed by atoms with Crippen molar-refractivity contribution >= 4 is 11.8 Å². The summed E-state index contributed by atoms with van der Waals surface area (Å²) in [6.45, 7) is 4.10. The van der Waals surface area contributed by atoms with Crippen LogP contribution in [0.4, 0.5) is 0 Å². The van der Waals surface area contributed by atoms with Crippen molar-refractivity contribution in [2.24, 2.45) is 0 Å². The predicted octanol–water partition coefficient (Wildman–Crippen LogP) is 2.74. The van der Waals surface area contributed by atoms with Gasteiger partial charge in [-0.05, 0) is 31.0 Å². The molecule has 0 radical (unpaired) electrons. The summed E-state index contributed by atoms with van der Waals surface area (Å²) in [5.74, 6) is 3.17. The molecular weight excluding hydrogens is 270 g/mol. The number of methoxy groups -OCH3 is 1. The molecule has 1 fully saturated rings. The number of nitrogens with one attached hydrogen (secondary N) is 1. The second-order valence-corrected chi connectivity index (χ2v) is 6.21. The van der Waals surface area contributed by atoms with E-state index in [1.807, 2.05) is 23.9 Å². The fourth-order valence-electron chi connectivity index (χ4n) is 2.51. The van der Waals surface area contributed by atoms with Gasteiger partial charge in [-0.1, -0.05) is 25.1 Å². The Kier molecular flexibility index (Phi) is 6.70. The molecular formula is C16H25NO2S. The van der Waals surface area contributed by atoms with Gasteiger partial charge in [-0.15, -0.1) is 0 Å². The lowest BCUT2D eigenvalue weighted by atomic mass is 10.0. The van der Waals surface area contributed by atoms with Gasteiger partial charge in [-0.3, -0.25) is 0 Å². The molecule has 1 N–H and O–H groups in total. The Balaban J connectivity index is 2.05. The van der Waals surface area contributed by atoms with E-state index in [9.17, 15) is 0 Å². The number of para-hydroxylation sites is 1. The summed E-state index contributed by atoms with van der Waals surface area (Å²) in [6.07, 6.45) is 2.39. The fraction of sp³-hybridized carbons (Fsp3) is 0.625. The zero-order chi connectivity index (χ0) is 14.2. The minimum atomic E-state index is 0.296. The monoisotopic (exact) mass is 295 g/mol. The minimum Gasteiger partial charge on any atom is -0.496 e. The van der Waals surface area contributed by atoms with Crippen LogP contribution in [0.2, 0.25) is 0 Å². The van der Waals surface area contributed by atoms with Crippen molar-refractivity contribution in [3.8, 4) is 5.75 Å². The van der Waals surface area contributed by atoms with Crippen LogP contribution in [0, 0.1) is 0 Å². The van der Waals surface area contributed by atoms with E-state index in [2.05, 4.69) is 24.4 Å². The SMILES string of the molecule is CCCNC(Cc1ccccc1OC)C1CSCCO1. The summed E-state index contributed by atoms with van der Waals surface area (Å²) in [6, 6.07) is 8.63. The Morgan fingerprint density at radius 3 is 3.00 bits per heavy atom. The second kappa shape index (κ2) is 8.55. The molecule has 0 spiro atoms. The second-order valence-electron chi connectivity index (χ2n) is 5.06. The van der Waals surface area contributed by atoms with Crippen molar-refractivity contribution in [1.82, 2.24) is 5.32 Å². The molecule has 1 heterocycles. The molecule has 112 valence electrons. The van der Waals surface area contributed by atoms with Gasteiger partial charge in [0.25, 0.3) is 0 Å². The highest BCUT2D eigenvalue weighted by molar-refractivity contribution is 7.99. The molecule has 4 heteroatoms. The van der Waals surface area contributed by atoms with E-state index in [4.69, 9.17) is 9.47 Å². The summed E-state index contributed by atoms with van der Waals surface area (Å²) >= 11 is 1.99. The molecule has 0 bridgehead atoms. The standard InChI is InChI=1S/C16H25NO2S/c1-3-8-17-14(16-12-20-10-9-19-16)11-13-6-4-5-7-15(13)18-2/h4-7,14,16-17H,3,8-12H2,1-2H3. The van der Waals surface area contributed by atoms with Gasteiger partial charge in [0.2, 0.25) is 0 Å². The highest BCUT2D eigenvalue weighted by Gasteiger charge is 2.25. The summed E-state index contributed by atoms with van der Waals surface area (Å²) in [5, 5.41) is 3.65. The van der Waals surface area contributed by atoms with E-state index < -0.39 is 0 Å². The third-order valence-corrected chi connectivity index (χ3v) is 4.60. The molecule has 0 saturated carbocycles. The van der Waals surface area contributed by atoms with E-state index >= 15 is 0 Å². The van der Waals surface area contributed by atoms with Crippen molar-refractivity contribution in [3.63, 3.8) is 0 Å². The highest BCUT2D eigenvalue weighted by Crippen LogP contribution is 2.23. The fourth-order valence-corrected chi connectivity index (χ4v) is 3.45. The number of ether oxygens (including phenoxy) is 2. The first-order valence-corrected chi connectivity index (χ1v) is 8.55. The van der Waals surface area contributed by atoms with Gasteiger partial charge in [0.15, 0.2) is 0 Å². The van der Waals surface area contributed by atoms with Gasteiger partial charge >= 0.3 is 0 Å². The summed E-state index contributed by atoms with van der Waals surface area (Å²) in [5.41, 5.74) is 1.25. The van der Waals surface area contributed by atoms with E-state index in [-0.39, 0.29) is 0 Å². The molecule has 2 unspecified atom stereocenters. The molecule has 1 aromatic rings. The van der Waals surface area contributed by atoms with Crippen molar-refractivity contribution in [1.29, 1.82) is 0 Å². The van der Waals surface area contributed by atoms with Gasteiger partial charge in [0.05, 0.1) is 19.8 Å². The lowest BCUT2D eigenvalue weighted by Gasteiger charge is -2.31. The first-order chi connectivity index (χ1) is 9.85. The third-order valence-electron chi connectivity index (χ3n) is 3.58. The average Bonchev–Trinajstić information content (AvgIpc) is 2.52. The smallest absolute Gasteiger partial charge is 0.122 e. The number of benzene rings is 1. The van der Waals surface area contributed by atoms with Crippen LogP contribution in [-0.2, 0) is 11.2 Å². The predicted molar refractivity (Wildman–Crippen MR) is 85.8 cm³/mol. The number of hydrogen-bond acceptors (Lipinski definition) is 4. The van der Waals surface area contributed by atoms with E-state index in [1.54, 1.807) is 7.11 Å². The molecule has 1 aliphatic heterocycles.